The number of benzene rings is 3. The fraction of sp³-hybridized carbons (Fsp3) is 0.290. The molecule has 4 nitrogen and oxygen atoms in total. The minimum atomic E-state index is -0.875. The molecule has 1 aliphatic rings. The van der Waals surface area contributed by atoms with Gasteiger partial charge in [-0.3, -0.25) is 4.79 Å². The highest BCUT2D eigenvalue weighted by Gasteiger charge is 2.11. The fourth-order valence-electron chi connectivity index (χ4n) is 3.74. The second kappa shape index (κ2) is 13.9. The Morgan fingerprint density at radius 1 is 0.829 bits per heavy atom. The van der Waals surface area contributed by atoms with E-state index in [2.05, 4.69) is 61.5 Å². The molecular formula is C31H36O4. The number of carboxylic acid groups (broad SMARTS) is 2. The summed E-state index contributed by atoms with van der Waals surface area (Å²) in [7, 11) is 0. The quantitative estimate of drug-likeness (QED) is 0.392. The number of aliphatic carboxylic acids is 1. The van der Waals surface area contributed by atoms with E-state index in [1.54, 1.807) is 29.8 Å². The van der Waals surface area contributed by atoms with E-state index in [-0.39, 0.29) is 12.3 Å². The van der Waals surface area contributed by atoms with Crippen LogP contribution in [0.15, 0.2) is 78.4 Å². The highest BCUT2D eigenvalue weighted by molar-refractivity contribution is 5.87. The summed E-state index contributed by atoms with van der Waals surface area (Å²) in [6, 6.07) is 24.2. The second-order valence-electron chi connectivity index (χ2n) is 9.27. The number of aromatic carboxylic acids is 1. The van der Waals surface area contributed by atoms with E-state index in [0.717, 1.165) is 18.4 Å². The van der Waals surface area contributed by atoms with Crippen molar-refractivity contribution in [2.24, 2.45) is 5.92 Å². The maximum absolute atomic E-state index is 10.3. The zero-order valence-corrected chi connectivity index (χ0v) is 21.1. The molecule has 184 valence electrons. The Kier molecular flexibility index (Phi) is 11.0. The van der Waals surface area contributed by atoms with Crippen LogP contribution in [0.2, 0.25) is 0 Å². The SMILES string of the molecule is CC(C)CC(=O)O.Cc1ccc(C(=O)O)cc1.Cc1ccccc1CCC1=Cc2ccccc2C1. The van der Waals surface area contributed by atoms with E-state index in [1.165, 1.54) is 28.7 Å². The lowest BCUT2D eigenvalue weighted by molar-refractivity contribution is -0.137. The molecule has 0 aromatic heterocycles. The molecule has 4 rings (SSSR count). The third kappa shape index (κ3) is 10.0. The second-order valence-corrected chi connectivity index (χ2v) is 9.27. The largest absolute Gasteiger partial charge is 0.481 e. The standard InChI is InChI=1S/C18H18.C8H8O2.C5H10O2/c1-14-6-2-3-7-16(14)11-10-15-12-17-8-4-5-9-18(17)13-15;1-6-2-4-7(5-3-6)8(9)10;1-4(2)3-5(6)7/h2-9,12H,10-11,13H2,1H3;2-5H,1H3,(H,9,10);4H,3H2,1-2H3,(H,6,7). The van der Waals surface area contributed by atoms with Gasteiger partial charge in [-0.1, -0.05) is 91.7 Å². The highest BCUT2D eigenvalue weighted by Crippen LogP contribution is 2.27. The van der Waals surface area contributed by atoms with Crippen LogP contribution < -0.4 is 0 Å². The normalized spacial score (nSPS) is 11.4. The summed E-state index contributed by atoms with van der Waals surface area (Å²) in [5.74, 6) is -1.31. The van der Waals surface area contributed by atoms with Crippen LogP contribution in [0.3, 0.4) is 0 Å². The molecule has 0 amide bonds. The van der Waals surface area contributed by atoms with E-state index in [1.807, 2.05) is 20.8 Å². The summed E-state index contributed by atoms with van der Waals surface area (Å²) in [5.41, 5.74) is 8.77. The molecule has 35 heavy (non-hydrogen) atoms. The topological polar surface area (TPSA) is 74.6 Å². The van der Waals surface area contributed by atoms with Crippen LogP contribution in [0.1, 0.15) is 64.9 Å². The number of fused-ring (bicyclic) bond motifs is 1. The number of allylic oxidation sites excluding steroid dienone is 1. The molecule has 2 N–H and O–H groups in total. The van der Waals surface area contributed by atoms with Crippen LogP contribution in [0.4, 0.5) is 0 Å². The van der Waals surface area contributed by atoms with Gasteiger partial charge < -0.3 is 10.2 Å². The molecule has 0 bridgehead atoms. The Hall–Kier alpha value is -3.66. The predicted octanol–water partition coefficient (Wildman–Crippen LogP) is 7.38. The van der Waals surface area contributed by atoms with E-state index in [0.29, 0.717) is 5.56 Å². The summed E-state index contributed by atoms with van der Waals surface area (Å²) < 4.78 is 0. The Balaban J connectivity index is 0.000000215. The van der Waals surface area contributed by atoms with Gasteiger partial charge in [-0.05, 0) is 73.4 Å². The molecule has 0 fully saturated rings. The van der Waals surface area contributed by atoms with Crippen molar-refractivity contribution >= 4 is 18.0 Å². The maximum Gasteiger partial charge on any atom is 0.335 e. The third-order valence-corrected chi connectivity index (χ3v) is 5.69. The number of carbonyl (C=O) groups is 2. The Labute approximate surface area is 209 Å². The number of rotatable bonds is 6. The van der Waals surface area contributed by atoms with Gasteiger partial charge in [0.05, 0.1) is 5.56 Å². The van der Waals surface area contributed by atoms with Crippen molar-refractivity contribution in [2.45, 2.75) is 53.4 Å². The molecular weight excluding hydrogens is 436 g/mol. The molecule has 3 aromatic carbocycles. The molecule has 0 spiro atoms. The predicted molar refractivity (Wildman–Crippen MR) is 143 cm³/mol. The zero-order valence-electron chi connectivity index (χ0n) is 21.1. The minimum absolute atomic E-state index is 0.275. The first-order valence-corrected chi connectivity index (χ1v) is 12.0. The molecule has 0 aliphatic heterocycles. The van der Waals surface area contributed by atoms with Gasteiger partial charge in [-0.25, -0.2) is 4.79 Å². The van der Waals surface area contributed by atoms with Crippen LogP contribution in [0.5, 0.6) is 0 Å². The van der Waals surface area contributed by atoms with E-state index < -0.39 is 11.9 Å². The molecule has 4 heteroatoms. The lowest BCUT2D eigenvalue weighted by Crippen LogP contribution is -1.99. The van der Waals surface area contributed by atoms with Gasteiger partial charge in [0.2, 0.25) is 0 Å². The van der Waals surface area contributed by atoms with Gasteiger partial charge in [0.15, 0.2) is 0 Å². The summed E-state index contributed by atoms with van der Waals surface area (Å²) >= 11 is 0. The van der Waals surface area contributed by atoms with Crippen molar-refractivity contribution in [3.8, 4) is 0 Å². The molecule has 0 unspecified atom stereocenters. The molecule has 0 atom stereocenters. The van der Waals surface area contributed by atoms with E-state index in [4.69, 9.17) is 10.2 Å². The number of hydrogen-bond donors (Lipinski definition) is 2. The summed E-state index contributed by atoms with van der Waals surface area (Å²) in [6.45, 7) is 7.89. The summed E-state index contributed by atoms with van der Waals surface area (Å²) in [5, 5.41) is 16.6. The van der Waals surface area contributed by atoms with Crippen molar-refractivity contribution < 1.29 is 19.8 Å². The summed E-state index contributed by atoms with van der Waals surface area (Å²) in [6.07, 6.45) is 6.13. The van der Waals surface area contributed by atoms with Crippen molar-refractivity contribution in [3.63, 3.8) is 0 Å². The van der Waals surface area contributed by atoms with Gasteiger partial charge in [-0.2, -0.15) is 0 Å². The molecule has 1 aliphatic carbocycles. The number of aryl methyl sites for hydroxylation is 3. The molecule has 0 saturated heterocycles. The van der Waals surface area contributed by atoms with Crippen LogP contribution in [-0.4, -0.2) is 22.2 Å². The van der Waals surface area contributed by atoms with Crippen LogP contribution in [0, 0.1) is 19.8 Å². The lowest BCUT2D eigenvalue weighted by Gasteiger charge is -2.06. The monoisotopic (exact) mass is 472 g/mol. The molecule has 0 radical (unpaired) electrons. The van der Waals surface area contributed by atoms with Crippen molar-refractivity contribution in [2.75, 3.05) is 0 Å². The van der Waals surface area contributed by atoms with E-state index in [9.17, 15) is 9.59 Å². The molecule has 3 aromatic rings. The van der Waals surface area contributed by atoms with Crippen molar-refractivity contribution in [1.29, 1.82) is 0 Å². The summed E-state index contributed by atoms with van der Waals surface area (Å²) in [4.78, 5) is 20.1. The van der Waals surface area contributed by atoms with Gasteiger partial charge >= 0.3 is 11.9 Å². The Bertz CT molecular complexity index is 1140. The highest BCUT2D eigenvalue weighted by atomic mass is 16.4. The van der Waals surface area contributed by atoms with Gasteiger partial charge in [0, 0.05) is 6.42 Å². The van der Waals surface area contributed by atoms with Gasteiger partial charge in [0.1, 0.15) is 0 Å². The van der Waals surface area contributed by atoms with Crippen LogP contribution >= 0.6 is 0 Å². The first-order chi connectivity index (χ1) is 16.7. The van der Waals surface area contributed by atoms with Crippen LogP contribution in [-0.2, 0) is 17.6 Å². The first-order valence-electron chi connectivity index (χ1n) is 12.0. The number of carboxylic acids is 2. The Morgan fingerprint density at radius 2 is 1.46 bits per heavy atom. The average molecular weight is 473 g/mol. The number of hydrogen-bond acceptors (Lipinski definition) is 2. The van der Waals surface area contributed by atoms with Gasteiger partial charge in [0.25, 0.3) is 0 Å². The molecule has 0 heterocycles. The van der Waals surface area contributed by atoms with Gasteiger partial charge in [-0.15, -0.1) is 0 Å². The molecule has 0 saturated carbocycles. The Morgan fingerprint density at radius 3 is 2.00 bits per heavy atom. The van der Waals surface area contributed by atoms with E-state index >= 15 is 0 Å². The lowest BCUT2D eigenvalue weighted by atomic mass is 10.00. The van der Waals surface area contributed by atoms with Crippen molar-refractivity contribution in [3.05, 3.63) is 112 Å². The van der Waals surface area contributed by atoms with Crippen LogP contribution in [0.25, 0.3) is 6.08 Å². The zero-order chi connectivity index (χ0) is 25.8. The fourth-order valence-corrected chi connectivity index (χ4v) is 3.74. The first kappa shape index (κ1) is 27.6. The third-order valence-electron chi connectivity index (χ3n) is 5.69. The van der Waals surface area contributed by atoms with Crippen molar-refractivity contribution in [1.82, 2.24) is 0 Å². The average Bonchev–Trinajstić information content (AvgIpc) is 3.22. The minimum Gasteiger partial charge on any atom is -0.481 e. The maximum atomic E-state index is 10.3. The smallest absolute Gasteiger partial charge is 0.335 e.